The van der Waals surface area contributed by atoms with E-state index in [1.54, 1.807) is 99.3 Å². The van der Waals surface area contributed by atoms with Crippen LogP contribution in [0.15, 0.2) is 171 Å². The maximum atomic E-state index is 13.8. The number of hydrogen-bond donors (Lipinski definition) is 8. The van der Waals surface area contributed by atoms with Gasteiger partial charge in [0.25, 0.3) is 0 Å². The fourth-order valence-electron chi connectivity index (χ4n) is 9.95. The molecule has 32 heteroatoms. The standard InChI is InChI=1S/C20H19F3N6O2.C16H16FIN4O2.C16H17FN4O2.C14H13FN4O/c1-12(15-8-14(21)2-3-17(15)31-7-6-30)26-18-4-5-28-19(27-18)16(10-25-28)13-9-24-29(11-13)20(22)23;1-10(12-8-11(17)2-3-14(12)24-7-6-23)20-15-4-5-22-16(21-15)13(18)9-19-22;1-11(13-10-12(17)2-3-14(13)23-9-8-22)19-15-5-7-21-16(20-15)4-6-18-21;1-9(11-8-10(15)2-3-12(11)20)17-13-5-7-19-14(18-13)4-6-16-19/h2-5,8-12,20,30H,6-7H2,1H3,(H,26,27);2-5,8-10,23H,6-7H2,1H3,(H,20,21);2-7,10-11,22H,8-9H2,1H3,(H,19,20);2-9,20H,1H3,(H,17,18). The lowest BCUT2D eigenvalue weighted by Gasteiger charge is -2.19. The topological polar surface area (TPSA) is 295 Å². The molecule has 0 spiro atoms. The highest BCUT2D eigenvalue weighted by molar-refractivity contribution is 14.1. The van der Waals surface area contributed by atoms with Crippen molar-refractivity contribution in [3.8, 4) is 34.1 Å². The lowest BCUT2D eigenvalue weighted by molar-refractivity contribution is 0.0566. The Morgan fingerprint density at radius 3 is 1.28 bits per heavy atom. The molecule has 0 radical (unpaired) electrons. The number of aliphatic hydroxyl groups excluding tert-OH is 3. The van der Waals surface area contributed by atoms with E-state index >= 15 is 0 Å². The molecule has 0 aliphatic rings. The molecule has 4 unspecified atom stereocenters. The maximum absolute atomic E-state index is 13.8. The van der Waals surface area contributed by atoms with E-state index in [0.717, 1.165) is 14.9 Å². The van der Waals surface area contributed by atoms with Crippen LogP contribution in [0.2, 0.25) is 0 Å². The van der Waals surface area contributed by atoms with E-state index in [2.05, 4.69) is 89.3 Å². The van der Waals surface area contributed by atoms with Crippen molar-refractivity contribution in [2.24, 2.45) is 0 Å². The van der Waals surface area contributed by atoms with E-state index < -0.39 is 12.4 Å². The summed E-state index contributed by atoms with van der Waals surface area (Å²) in [5, 5.41) is 69.6. The molecule has 8 N–H and O–H groups in total. The number of aromatic nitrogens is 14. The highest BCUT2D eigenvalue weighted by Gasteiger charge is 2.20. The van der Waals surface area contributed by atoms with Crippen molar-refractivity contribution in [2.75, 3.05) is 60.9 Å². The quantitative estimate of drug-likeness (QED) is 0.0218. The number of nitrogens with zero attached hydrogens (tertiary/aromatic N) is 14. The summed E-state index contributed by atoms with van der Waals surface area (Å²) < 4.78 is 104. The lowest BCUT2D eigenvalue weighted by atomic mass is 10.1. The zero-order valence-electron chi connectivity index (χ0n) is 52.7. The summed E-state index contributed by atoms with van der Waals surface area (Å²) in [6.07, 6.45) is 16.2. The number of alkyl halides is 2. The van der Waals surface area contributed by atoms with Crippen LogP contribution < -0.4 is 35.5 Å². The smallest absolute Gasteiger partial charge is 0.333 e. The van der Waals surface area contributed by atoms with Gasteiger partial charge in [0.1, 0.15) is 89.4 Å². The summed E-state index contributed by atoms with van der Waals surface area (Å²) >= 11 is 2.17. The number of benzene rings is 4. The highest BCUT2D eigenvalue weighted by Crippen LogP contribution is 2.34. The van der Waals surface area contributed by atoms with Crippen LogP contribution in [0.5, 0.6) is 23.0 Å². The molecule has 0 amide bonds. The van der Waals surface area contributed by atoms with Crippen LogP contribution in [0.1, 0.15) is 80.7 Å². The number of halogens is 7. The molecule has 4 aromatic carbocycles. The Morgan fingerprint density at radius 1 is 0.449 bits per heavy atom. The van der Waals surface area contributed by atoms with Crippen LogP contribution in [0.25, 0.3) is 33.7 Å². The second-order valence-electron chi connectivity index (χ2n) is 21.5. The first-order chi connectivity index (χ1) is 47.3. The van der Waals surface area contributed by atoms with Crippen LogP contribution in [0.4, 0.5) is 49.6 Å². The Bertz CT molecular complexity index is 4790. The molecule has 0 fully saturated rings. The van der Waals surface area contributed by atoms with E-state index in [9.17, 15) is 31.4 Å². The van der Waals surface area contributed by atoms with Crippen molar-refractivity contribution in [3.63, 3.8) is 0 Å². The van der Waals surface area contributed by atoms with E-state index in [0.29, 0.717) is 89.9 Å². The van der Waals surface area contributed by atoms with Gasteiger partial charge in [-0.3, -0.25) is 0 Å². The van der Waals surface area contributed by atoms with Crippen molar-refractivity contribution in [1.29, 1.82) is 0 Å². The molecular weight excluding hydrogens is 1400 g/mol. The summed E-state index contributed by atoms with van der Waals surface area (Å²) in [5.41, 5.74) is 6.00. The first-order valence-electron chi connectivity index (χ1n) is 30.3. The first kappa shape index (κ1) is 70.0. The van der Waals surface area contributed by atoms with Crippen LogP contribution in [-0.2, 0) is 0 Å². The van der Waals surface area contributed by atoms with Gasteiger partial charge in [-0.1, -0.05) is 0 Å². The van der Waals surface area contributed by atoms with Crippen molar-refractivity contribution in [1.82, 2.24) is 68.2 Å². The van der Waals surface area contributed by atoms with Crippen LogP contribution in [0.3, 0.4) is 0 Å². The van der Waals surface area contributed by atoms with Crippen LogP contribution in [-0.4, -0.2) is 128 Å². The third kappa shape index (κ3) is 17.8. The summed E-state index contributed by atoms with van der Waals surface area (Å²) in [5.74, 6) is 2.49. The minimum Gasteiger partial charge on any atom is -0.508 e. The Balaban J connectivity index is 0.000000143. The molecule has 0 saturated carbocycles. The summed E-state index contributed by atoms with van der Waals surface area (Å²) in [7, 11) is 0. The Kier molecular flexibility index (Phi) is 23.4. The molecule has 13 rings (SSSR count). The molecule has 510 valence electrons. The molecule has 0 bridgehead atoms. The molecule has 13 aromatic rings. The van der Waals surface area contributed by atoms with Crippen molar-refractivity contribution < 1.29 is 61.0 Å². The minimum absolute atomic E-state index is 0.0526. The monoisotopic (exact) mass is 1460 g/mol. The number of anilines is 4. The van der Waals surface area contributed by atoms with Crippen molar-refractivity contribution in [3.05, 3.63) is 220 Å². The van der Waals surface area contributed by atoms with Gasteiger partial charge < -0.3 is 55.9 Å². The third-order valence-electron chi connectivity index (χ3n) is 14.6. The number of ether oxygens (including phenoxy) is 3. The van der Waals surface area contributed by atoms with Gasteiger partial charge >= 0.3 is 6.55 Å². The second kappa shape index (κ2) is 32.7. The molecule has 9 heterocycles. The molecule has 0 aliphatic heterocycles. The van der Waals surface area contributed by atoms with Crippen molar-refractivity contribution in [2.45, 2.75) is 58.4 Å². The van der Waals surface area contributed by atoms with Crippen molar-refractivity contribution >= 4 is 68.5 Å². The largest absolute Gasteiger partial charge is 0.508 e. The average Bonchev–Trinajstić information content (AvgIpc) is 1.35. The number of phenolic OH excluding ortho intramolecular Hbond substituents is 1. The summed E-state index contributed by atoms with van der Waals surface area (Å²) in [6.45, 7) is 4.73. The Labute approximate surface area is 568 Å². The van der Waals surface area contributed by atoms with E-state index in [-0.39, 0.29) is 87.0 Å². The molecule has 25 nitrogen and oxygen atoms in total. The average molecular weight is 1460 g/mol. The SMILES string of the molecule is CC(Nc1ccn2ncc(-c3cnn(C(F)F)c3)c2n1)c1cc(F)ccc1OCCO.CC(Nc1ccn2ncc(I)c2n1)c1cc(F)ccc1OCCO.CC(Nc1ccn2nccc2n1)c1cc(F)ccc1O.CC(Nc1ccn2nccc2n1)c1cc(F)ccc1OCCO. The predicted octanol–water partition coefficient (Wildman–Crippen LogP) is 11.8. The normalized spacial score (nSPS) is 12.4. The highest BCUT2D eigenvalue weighted by atomic mass is 127. The number of rotatable bonds is 23. The fraction of sp³-hybridized carbons (Fsp3) is 0.227. The van der Waals surface area contributed by atoms with Gasteiger partial charge in [-0.05, 0) is 147 Å². The number of phenols is 1. The predicted molar refractivity (Wildman–Crippen MR) is 360 cm³/mol. The van der Waals surface area contributed by atoms with Gasteiger partial charge in [0.05, 0.1) is 78.5 Å². The van der Waals surface area contributed by atoms with E-state index in [1.807, 2.05) is 33.9 Å². The molecule has 0 aliphatic carbocycles. The van der Waals surface area contributed by atoms with Gasteiger partial charge in [-0.2, -0.15) is 34.3 Å². The summed E-state index contributed by atoms with van der Waals surface area (Å²) in [6, 6.07) is 26.2. The molecular formula is C66H65F6IN18O7. The van der Waals surface area contributed by atoms with Gasteiger partial charge in [0, 0.05) is 76.5 Å². The maximum Gasteiger partial charge on any atom is 0.333 e. The molecule has 0 saturated heterocycles. The van der Waals surface area contributed by atoms with Crippen LogP contribution in [0, 0.1) is 26.8 Å². The zero-order valence-corrected chi connectivity index (χ0v) is 54.9. The van der Waals surface area contributed by atoms with Gasteiger partial charge in [-0.25, -0.2) is 60.2 Å². The van der Waals surface area contributed by atoms with Gasteiger partial charge in [0.15, 0.2) is 22.6 Å². The molecule has 98 heavy (non-hydrogen) atoms. The number of aromatic hydroxyl groups is 1. The minimum atomic E-state index is -2.74. The summed E-state index contributed by atoms with van der Waals surface area (Å²) in [4.78, 5) is 17.9. The number of hydrogen-bond acceptors (Lipinski definition) is 20. The van der Waals surface area contributed by atoms with Gasteiger partial charge in [-0.15, -0.1) is 0 Å². The van der Waals surface area contributed by atoms with E-state index in [1.165, 1.54) is 83.8 Å². The first-order valence-corrected chi connectivity index (χ1v) is 31.3. The molecule has 9 aromatic heterocycles. The van der Waals surface area contributed by atoms with E-state index in [4.69, 9.17) is 29.5 Å². The number of aliphatic hydroxyl groups is 3. The molecule has 4 atom stereocenters. The Morgan fingerprint density at radius 2 is 0.837 bits per heavy atom. The van der Waals surface area contributed by atoms with Crippen LogP contribution >= 0.6 is 22.6 Å². The third-order valence-corrected chi connectivity index (χ3v) is 15.4. The Hall–Kier alpha value is -10.8. The fourth-order valence-corrected chi connectivity index (χ4v) is 10.4. The lowest BCUT2D eigenvalue weighted by Crippen LogP contribution is -2.12. The number of nitrogens with one attached hydrogen (secondary N) is 4. The zero-order chi connectivity index (χ0) is 69.4. The van der Waals surface area contributed by atoms with Gasteiger partial charge in [0.2, 0.25) is 0 Å². The number of fused-ring (bicyclic) bond motifs is 4. The second-order valence-corrected chi connectivity index (χ2v) is 22.7.